The van der Waals surface area contributed by atoms with Crippen molar-refractivity contribution in [1.82, 2.24) is 9.78 Å². The van der Waals surface area contributed by atoms with Crippen molar-refractivity contribution in [2.75, 3.05) is 5.73 Å². The first kappa shape index (κ1) is 5.30. The summed E-state index contributed by atoms with van der Waals surface area (Å²) in [6.45, 7) is 0. The maximum atomic E-state index is 7.08. The number of anilines is 1. The average Bonchev–Trinajstić information content (AvgIpc) is 1.85. The van der Waals surface area contributed by atoms with Gasteiger partial charge >= 0.3 is 0 Å². The van der Waals surface area contributed by atoms with Crippen molar-refractivity contribution >= 4 is 16.5 Å². The first-order valence-corrected chi connectivity index (χ1v) is 2.86. The van der Waals surface area contributed by atoms with E-state index in [2.05, 4.69) is 5.10 Å². The second-order valence-electron chi connectivity index (χ2n) is 1.37. The molecular formula is C3H6N4S. The van der Waals surface area contributed by atoms with Gasteiger partial charge in [-0.1, -0.05) is 11.3 Å². The van der Waals surface area contributed by atoms with Crippen LogP contribution in [0.1, 0.15) is 0 Å². The van der Waals surface area contributed by atoms with Gasteiger partial charge in [0.2, 0.25) is 9.93 Å². The molecule has 1 heterocycles. The Morgan fingerprint density at radius 2 is 2.50 bits per heavy atom. The van der Waals surface area contributed by atoms with E-state index in [9.17, 15) is 0 Å². The quantitative estimate of drug-likeness (QED) is 0.499. The molecule has 5 heteroatoms. The molecule has 0 fully saturated rings. The number of nitrogens with zero attached hydrogens (tertiary/aromatic N) is 2. The highest BCUT2D eigenvalue weighted by Gasteiger charge is 1.90. The van der Waals surface area contributed by atoms with Gasteiger partial charge in [0.05, 0.1) is 0 Å². The van der Waals surface area contributed by atoms with Crippen LogP contribution in [0.4, 0.5) is 5.13 Å². The lowest BCUT2D eigenvalue weighted by Crippen LogP contribution is -2.08. The summed E-state index contributed by atoms with van der Waals surface area (Å²) in [5, 5.41) is 11.3. The van der Waals surface area contributed by atoms with Gasteiger partial charge in [0, 0.05) is 7.05 Å². The molecule has 0 atom stereocenters. The SMILES string of the molecule is Cn1nc(N)sc1=N. The highest BCUT2D eigenvalue weighted by Crippen LogP contribution is 1.95. The lowest BCUT2D eigenvalue weighted by molar-refractivity contribution is 0.724. The number of aromatic nitrogens is 2. The number of nitrogens with one attached hydrogen (secondary N) is 1. The molecule has 8 heavy (non-hydrogen) atoms. The monoisotopic (exact) mass is 130 g/mol. The summed E-state index contributed by atoms with van der Waals surface area (Å²) in [7, 11) is 1.69. The van der Waals surface area contributed by atoms with Crippen LogP contribution < -0.4 is 10.5 Å². The Kier molecular flexibility index (Phi) is 1.05. The first-order valence-electron chi connectivity index (χ1n) is 2.04. The minimum absolute atomic E-state index is 0.377. The third kappa shape index (κ3) is 0.717. The first-order chi connectivity index (χ1) is 3.70. The number of rotatable bonds is 0. The maximum absolute atomic E-state index is 7.08. The maximum Gasteiger partial charge on any atom is 0.202 e. The number of hydrogen-bond acceptors (Lipinski definition) is 4. The summed E-state index contributed by atoms with van der Waals surface area (Å²) >= 11 is 1.17. The van der Waals surface area contributed by atoms with Crippen LogP contribution >= 0.6 is 11.3 Å². The fourth-order valence-corrected chi connectivity index (χ4v) is 0.913. The van der Waals surface area contributed by atoms with Crippen molar-refractivity contribution < 1.29 is 0 Å². The zero-order chi connectivity index (χ0) is 6.15. The smallest absolute Gasteiger partial charge is 0.202 e. The fraction of sp³-hybridized carbons (Fsp3) is 0.333. The van der Waals surface area contributed by atoms with E-state index in [-0.39, 0.29) is 0 Å². The summed E-state index contributed by atoms with van der Waals surface area (Å²) in [5.74, 6) is 0. The summed E-state index contributed by atoms with van der Waals surface area (Å²) in [6, 6.07) is 0. The minimum atomic E-state index is 0.377. The Hall–Kier alpha value is -0.840. The van der Waals surface area contributed by atoms with Crippen molar-refractivity contribution in [2.45, 2.75) is 0 Å². The van der Waals surface area contributed by atoms with E-state index in [0.29, 0.717) is 9.93 Å². The molecule has 1 aromatic heterocycles. The van der Waals surface area contributed by atoms with Gasteiger partial charge in [-0.3, -0.25) is 5.41 Å². The molecular weight excluding hydrogens is 124 g/mol. The van der Waals surface area contributed by atoms with Gasteiger partial charge < -0.3 is 5.73 Å². The van der Waals surface area contributed by atoms with Crippen LogP contribution in [0.3, 0.4) is 0 Å². The highest BCUT2D eigenvalue weighted by atomic mass is 32.1. The van der Waals surface area contributed by atoms with Crippen molar-refractivity contribution in [1.29, 1.82) is 5.41 Å². The molecule has 44 valence electrons. The zero-order valence-corrected chi connectivity index (χ0v) is 5.20. The van der Waals surface area contributed by atoms with Crippen LogP contribution in [0.5, 0.6) is 0 Å². The lowest BCUT2D eigenvalue weighted by atomic mass is 11.2. The predicted octanol–water partition coefficient (Wildman–Crippen LogP) is -0.457. The highest BCUT2D eigenvalue weighted by molar-refractivity contribution is 7.12. The number of hydrogen-bond donors (Lipinski definition) is 2. The van der Waals surface area contributed by atoms with Crippen LogP contribution in [0.25, 0.3) is 0 Å². The largest absolute Gasteiger partial charge is 0.374 e. The van der Waals surface area contributed by atoms with Crippen molar-refractivity contribution in [3.63, 3.8) is 0 Å². The van der Waals surface area contributed by atoms with Gasteiger partial charge in [0.1, 0.15) is 0 Å². The lowest BCUT2D eigenvalue weighted by Gasteiger charge is -1.79. The van der Waals surface area contributed by atoms with Gasteiger partial charge in [-0.15, -0.1) is 5.10 Å². The van der Waals surface area contributed by atoms with E-state index in [1.165, 1.54) is 16.0 Å². The van der Waals surface area contributed by atoms with Gasteiger partial charge in [-0.05, 0) is 0 Å². The third-order valence-electron chi connectivity index (χ3n) is 0.744. The molecule has 1 aromatic rings. The average molecular weight is 130 g/mol. The minimum Gasteiger partial charge on any atom is -0.374 e. The Morgan fingerprint density at radius 1 is 1.88 bits per heavy atom. The summed E-state index contributed by atoms with van der Waals surface area (Å²) in [4.78, 5) is 0.377. The fourth-order valence-electron chi connectivity index (χ4n) is 0.379. The van der Waals surface area contributed by atoms with E-state index < -0.39 is 0 Å². The molecule has 0 spiro atoms. The van der Waals surface area contributed by atoms with E-state index in [0.717, 1.165) is 0 Å². The van der Waals surface area contributed by atoms with Gasteiger partial charge in [-0.2, -0.15) is 0 Å². The zero-order valence-electron chi connectivity index (χ0n) is 4.38. The van der Waals surface area contributed by atoms with Crippen LogP contribution in [0.15, 0.2) is 0 Å². The van der Waals surface area contributed by atoms with E-state index in [1.807, 2.05) is 0 Å². The Labute approximate surface area is 50.1 Å². The normalized spacial score (nSPS) is 9.62. The molecule has 0 saturated heterocycles. The van der Waals surface area contributed by atoms with Crippen LogP contribution in [-0.4, -0.2) is 9.78 Å². The van der Waals surface area contributed by atoms with Crippen molar-refractivity contribution in [2.24, 2.45) is 7.05 Å². The van der Waals surface area contributed by atoms with Crippen LogP contribution in [-0.2, 0) is 7.05 Å². The summed E-state index contributed by atoms with van der Waals surface area (Å²) in [6.07, 6.45) is 0. The van der Waals surface area contributed by atoms with Crippen molar-refractivity contribution in [3.8, 4) is 0 Å². The van der Waals surface area contributed by atoms with Gasteiger partial charge in [0.15, 0.2) is 0 Å². The van der Waals surface area contributed by atoms with E-state index in [1.54, 1.807) is 7.05 Å². The van der Waals surface area contributed by atoms with Gasteiger partial charge in [-0.25, -0.2) is 4.68 Å². The number of nitrogens with two attached hydrogens (primary N) is 1. The van der Waals surface area contributed by atoms with Crippen molar-refractivity contribution in [3.05, 3.63) is 4.80 Å². The molecule has 1 rings (SSSR count). The molecule has 0 unspecified atom stereocenters. The van der Waals surface area contributed by atoms with E-state index in [4.69, 9.17) is 11.1 Å². The Morgan fingerprint density at radius 3 is 2.62 bits per heavy atom. The standard InChI is InChI=1S/C3H6N4S/c1-7-3(5)8-2(4)6-7/h5H,1H3,(H2,4,6). The molecule has 0 aliphatic rings. The number of aryl methyl sites for hydroxylation is 1. The van der Waals surface area contributed by atoms with Gasteiger partial charge in [0.25, 0.3) is 0 Å². The molecule has 0 bridgehead atoms. The molecule has 0 aromatic carbocycles. The third-order valence-corrected chi connectivity index (χ3v) is 1.49. The molecule has 0 saturated carbocycles. The molecule has 3 N–H and O–H groups in total. The topological polar surface area (TPSA) is 67.7 Å². The molecule has 0 radical (unpaired) electrons. The molecule has 0 aliphatic heterocycles. The molecule has 0 amide bonds. The summed E-state index contributed by atoms with van der Waals surface area (Å²) in [5.41, 5.74) is 5.25. The Balaban J connectivity index is 3.35. The second-order valence-corrected chi connectivity index (χ2v) is 2.38. The Bertz CT molecular complexity index is 234. The predicted molar refractivity (Wildman–Crippen MR) is 31.4 cm³/mol. The van der Waals surface area contributed by atoms with E-state index >= 15 is 0 Å². The summed E-state index contributed by atoms with van der Waals surface area (Å²) < 4.78 is 1.43. The molecule has 4 nitrogen and oxygen atoms in total. The number of nitrogen functional groups attached to an aromatic ring is 1. The van der Waals surface area contributed by atoms with Crippen LogP contribution in [0, 0.1) is 5.41 Å². The second kappa shape index (κ2) is 1.59. The van der Waals surface area contributed by atoms with Crippen LogP contribution in [0.2, 0.25) is 0 Å². The molecule has 0 aliphatic carbocycles.